The lowest BCUT2D eigenvalue weighted by atomic mass is 10.1. The van der Waals surface area contributed by atoms with Gasteiger partial charge in [0.25, 0.3) is 0 Å². The summed E-state index contributed by atoms with van der Waals surface area (Å²) in [4.78, 5) is 23.0. The quantitative estimate of drug-likeness (QED) is 0.526. The minimum atomic E-state index is -1.15. The molecule has 0 radical (unpaired) electrons. The number of carbonyl (C=O) groups is 2. The molecule has 0 saturated carbocycles. The smallest absolute Gasteiger partial charge is 0.343 e. The van der Waals surface area contributed by atoms with E-state index < -0.39 is 11.9 Å². The molecule has 2 aromatic carbocycles. The van der Waals surface area contributed by atoms with Crippen LogP contribution in [0.1, 0.15) is 15.9 Å². The maximum absolute atomic E-state index is 12.0. The minimum absolute atomic E-state index is 0.00193. The molecule has 1 N–H and O–H groups in total. The SMILES string of the molecule is C=C(C(=O)Oc1ccccc1C(=O)O)c1ccccc1. The minimum Gasteiger partial charge on any atom is -0.478 e. The number of aromatic carboxylic acids is 1. The Kier molecular flexibility index (Phi) is 3.96. The van der Waals surface area contributed by atoms with E-state index in [-0.39, 0.29) is 16.9 Å². The van der Waals surface area contributed by atoms with Gasteiger partial charge in [0.1, 0.15) is 11.3 Å². The van der Waals surface area contributed by atoms with Crippen molar-refractivity contribution < 1.29 is 19.4 Å². The molecule has 0 aliphatic heterocycles. The highest BCUT2D eigenvalue weighted by atomic mass is 16.5. The molecule has 0 saturated heterocycles. The van der Waals surface area contributed by atoms with Gasteiger partial charge in [0, 0.05) is 0 Å². The number of carboxylic acids is 1. The second-order valence-corrected chi connectivity index (χ2v) is 4.04. The van der Waals surface area contributed by atoms with Gasteiger partial charge >= 0.3 is 11.9 Å². The maximum Gasteiger partial charge on any atom is 0.343 e. The van der Waals surface area contributed by atoms with Gasteiger partial charge in [-0.25, -0.2) is 9.59 Å². The second kappa shape index (κ2) is 5.84. The molecule has 0 bridgehead atoms. The Morgan fingerprint density at radius 1 is 0.950 bits per heavy atom. The van der Waals surface area contributed by atoms with E-state index in [0.29, 0.717) is 5.56 Å². The van der Waals surface area contributed by atoms with Crippen LogP contribution in [-0.4, -0.2) is 17.0 Å². The van der Waals surface area contributed by atoms with Crippen molar-refractivity contribution in [3.05, 3.63) is 72.3 Å². The third-order valence-electron chi connectivity index (χ3n) is 2.69. The highest BCUT2D eigenvalue weighted by Crippen LogP contribution is 2.21. The van der Waals surface area contributed by atoms with Crippen LogP contribution in [0.25, 0.3) is 5.57 Å². The molecule has 0 aliphatic carbocycles. The first-order valence-corrected chi connectivity index (χ1v) is 5.88. The number of hydrogen-bond acceptors (Lipinski definition) is 3. The lowest BCUT2D eigenvalue weighted by Crippen LogP contribution is -2.12. The summed E-state index contributed by atoms with van der Waals surface area (Å²) in [6.07, 6.45) is 0. The zero-order valence-corrected chi connectivity index (χ0v) is 10.6. The molecule has 20 heavy (non-hydrogen) atoms. The van der Waals surface area contributed by atoms with E-state index >= 15 is 0 Å². The Morgan fingerprint density at radius 2 is 1.55 bits per heavy atom. The Balaban J connectivity index is 2.21. The van der Waals surface area contributed by atoms with Gasteiger partial charge in [0.05, 0.1) is 5.57 Å². The number of rotatable bonds is 4. The Labute approximate surface area is 115 Å². The maximum atomic E-state index is 12.0. The van der Waals surface area contributed by atoms with Crippen LogP contribution in [0.15, 0.2) is 61.2 Å². The van der Waals surface area contributed by atoms with E-state index in [2.05, 4.69) is 6.58 Å². The van der Waals surface area contributed by atoms with Crippen molar-refractivity contribution in [1.82, 2.24) is 0 Å². The fourth-order valence-corrected chi connectivity index (χ4v) is 1.65. The number of para-hydroxylation sites is 1. The van der Waals surface area contributed by atoms with Crippen molar-refractivity contribution in [2.45, 2.75) is 0 Å². The van der Waals surface area contributed by atoms with Crippen LogP contribution in [0.2, 0.25) is 0 Å². The first-order valence-electron chi connectivity index (χ1n) is 5.88. The van der Waals surface area contributed by atoms with Crippen molar-refractivity contribution in [2.75, 3.05) is 0 Å². The van der Waals surface area contributed by atoms with Gasteiger partial charge < -0.3 is 9.84 Å². The molecule has 2 rings (SSSR count). The highest BCUT2D eigenvalue weighted by Gasteiger charge is 2.16. The van der Waals surface area contributed by atoms with Crippen molar-refractivity contribution in [3.63, 3.8) is 0 Å². The van der Waals surface area contributed by atoms with E-state index in [1.165, 1.54) is 12.1 Å². The van der Waals surface area contributed by atoms with E-state index in [0.717, 1.165) is 0 Å². The zero-order valence-electron chi connectivity index (χ0n) is 10.6. The molecule has 100 valence electrons. The van der Waals surface area contributed by atoms with Crippen molar-refractivity contribution >= 4 is 17.5 Å². The van der Waals surface area contributed by atoms with E-state index in [4.69, 9.17) is 9.84 Å². The number of ether oxygens (including phenoxy) is 1. The van der Waals surface area contributed by atoms with Crippen molar-refractivity contribution in [1.29, 1.82) is 0 Å². The molecule has 0 heterocycles. The molecule has 0 aromatic heterocycles. The predicted molar refractivity (Wildman–Crippen MR) is 74.5 cm³/mol. The van der Waals surface area contributed by atoms with Crippen LogP contribution in [0, 0.1) is 0 Å². The molecular weight excluding hydrogens is 256 g/mol. The molecule has 0 atom stereocenters. The molecule has 0 amide bonds. The Bertz CT molecular complexity index is 659. The molecule has 0 aliphatic rings. The summed E-state index contributed by atoms with van der Waals surface area (Å²) < 4.78 is 5.10. The van der Waals surface area contributed by atoms with Gasteiger partial charge in [0.15, 0.2) is 0 Å². The summed E-state index contributed by atoms with van der Waals surface area (Å²) in [5, 5.41) is 9.02. The van der Waals surface area contributed by atoms with Crippen molar-refractivity contribution in [2.24, 2.45) is 0 Å². The molecular formula is C16H12O4. The number of esters is 1. The average Bonchev–Trinajstić information content (AvgIpc) is 2.47. The topological polar surface area (TPSA) is 63.6 Å². The predicted octanol–water partition coefficient (Wildman–Crippen LogP) is 3.00. The molecule has 4 heteroatoms. The van der Waals surface area contributed by atoms with Crippen LogP contribution in [0.4, 0.5) is 0 Å². The third kappa shape index (κ3) is 2.92. The summed E-state index contributed by atoms with van der Waals surface area (Å²) in [6.45, 7) is 3.67. The summed E-state index contributed by atoms with van der Waals surface area (Å²) in [5.74, 6) is -1.83. The highest BCUT2D eigenvalue weighted by molar-refractivity contribution is 6.16. The first-order chi connectivity index (χ1) is 9.59. The van der Waals surface area contributed by atoms with E-state index in [1.54, 1.807) is 36.4 Å². The van der Waals surface area contributed by atoms with Gasteiger partial charge in [-0.1, -0.05) is 49.0 Å². The van der Waals surface area contributed by atoms with E-state index in [1.807, 2.05) is 6.07 Å². The monoisotopic (exact) mass is 268 g/mol. The largest absolute Gasteiger partial charge is 0.478 e. The van der Waals surface area contributed by atoms with Gasteiger partial charge in [-0.3, -0.25) is 0 Å². The van der Waals surface area contributed by atoms with Gasteiger partial charge in [0.2, 0.25) is 0 Å². The normalized spacial score (nSPS) is 9.80. The standard InChI is InChI=1S/C16H12O4/c1-11(12-7-3-2-4-8-12)16(19)20-14-10-6-5-9-13(14)15(17)18/h2-10H,1H2,(H,17,18). The third-order valence-corrected chi connectivity index (χ3v) is 2.69. The summed E-state index contributed by atoms with van der Waals surface area (Å²) in [6, 6.07) is 14.8. The van der Waals surface area contributed by atoms with Crippen molar-refractivity contribution in [3.8, 4) is 5.75 Å². The fourth-order valence-electron chi connectivity index (χ4n) is 1.65. The lowest BCUT2D eigenvalue weighted by Gasteiger charge is -2.08. The first kappa shape index (κ1) is 13.5. The van der Waals surface area contributed by atoms with Gasteiger partial charge in [-0.2, -0.15) is 0 Å². The van der Waals surface area contributed by atoms with Gasteiger partial charge in [-0.05, 0) is 17.7 Å². The van der Waals surface area contributed by atoms with E-state index in [9.17, 15) is 9.59 Å². The van der Waals surface area contributed by atoms with Crippen LogP contribution >= 0.6 is 0 Å². The number of carboxylic acid groups (broad SMARTS) is 1. The van der Waals surface area contributed by atoms with Crippen LogP contribution < -0.4 is 4.74 Å². The number of benzene rings is 2. The zero-order chi connectivity index (χ0) is 14.5. The van der Waals surface area contributed by atoms with Crippen LogP contribution in [0.5, 0.6) is 5.75 Å². The molecule has 4 nitrogen and oxygen atoms in total. The molecule has 2 aromatic rings. The number of carbonyl (C=O) groups excluding carboxylic acids is 1. The van der Waals surface area contributed by atoms with Crippen LogP contribution in [-0.2, 0) is 4.79 Å². The Hall–Kier alpha value is -2.88. The molecule has 0 spiro atoms. The summed E-state index contributed by atoms with van der Waals surface area (Å²) in [5.41, 5.74) is 0.734. The average molecular weight is 268 g/mol. The Morgan fingerprint density at radius 3 is 2.20 bits per heavy atom. The summed E-state index contributed by atoms with van der Waals surface area (Å²) in [7, 11) is 0. The van der Waals surface area contributed by atoms with Crippen LogP contribution in [0.3, 0.4) is 0 Å². The lowest BCUT2D eigenvalue weighted by molar-refractivity contribution is -0.127. The molecule has 0 unspecified atom stereocenters. The van der Waals surface area contributed by atoms with Gasteiger partial charge in [-0.15, -0.1) is 0 Å². The summed E-state index contributed by atoms with van der Waals surface area (Å²) >= 11 is 0. The fraction of sp³-hybridized carbons (Fsp3) is 0. The second-order valence-electron chi connectivity index (χ2n) is 4.04. The number of hydrogen-bond donors (Lipinski definition) is 1. The molecule has 0 fully saturated rings.